The Morgan fingerprint density at radius 2 is 1.67 bits per heavy atom. The zero-order valence-electron chi connectivity index (χ0n) is 16.7. The molecule has 1 aliphatic rings. The first kappa shape index (κ1) is 24.1. The van der Waals surface area contributed by atoms with E-state index in [1.54, 1.807) is 6.92 Å². The largest absolute Gasteiger partial charge is 0.466 e. The van der Waals surface area contributed by atoms with Gasteiger partial charge in [0.25, 0.3) is 5.91 Å². The molecule has 0 fully saturated rings. The van der Waals surface area contributed by atoms with Crippen LogP contribution in [0.15, 0.2) is 65.8 Å². The summed E-state index contributed by atoms with van der Waals surface area (Å²) in [6.07, 6.45) is -0.108. The van der Waals surface area contributed by atoms with Crippen LogP contribution >= 0.6 is 0 Å². The van der Waals surface area contributed by atoms with Gasteiger partial charge in [-0.15, -0.1) is 0 Å². The monoisotopic (exact) mass is 414 g/mol. The first-order valence-electron chi connectivity index (χ1n) is 9.03. The number of ether oxygens (including phenoxy) is 1. The molecule has 0 unspecified atom stereocenters. The topological polar surface area (TPSA) is 166 Å². The summed E-state index contributed by atoms with van der Waals surface area (Å²) in [6.45, 7) is 1.95. The van der Waals surface area contributed by atoms with Crippen LogP contribution in [0.25, 0.3) is 0 Å². The molecule has 2 aromatic carbocycles. The second kappa shape index (κ2) is 13.3. The minimum absolute atomic E-state index is 0.0799. The predicted octanol–water partition coefficient (Wildman–Crippen LogP) is 1.09. The fourth-order valence-corrected chi connectivity index (χ4v) is 2.11. The summed E-state index contributed by atoms with van der Waals surface area (Å²) >= 11 is 0. The number of nitrogens with zero attached hydrogens (tertiary/aromatic N) is 2. The van der Waals surface area contributed by atoms with Crippen molar-refractivity contribution in [2.45, 2.75) is 19.8 Å². The average molecular weight is 414 g/mol. The quantitative estimate of drug-likeness (QED) is 0.246. The molecule has 1 aliphatic heterocycles. The van der Waals surface area contributed by atoms with E-state index in [1.165, 1.54) is 5.01 Å². The van der Waals surface area contributed by atoms with Crippen LogP contribution in [0, 0.1) is 0 Å². The Morgan fingerprint density at radius 1 is 1.10 bits per heavy atom. The smallest absolute Gasteiger partial charge is 0.315 e. The molecule has 0 atom stereocenters. The van der Waals surface area contributed by atoms with E-state index in [-0.39, 0.29) is 25.4 Å². The molecule has 2 aromatic rings. The summed E-state index contributed by atoms with van der Waals surface area (Å²) in [5.74, 6) is 4.17. The van der Waals surface area contributed by atoms with Gasteiger partial charge in [0.15, 0.2) is 0 Å². The maximum atomic E-state index is 11.3. The minimum Gasteiger partial charge on any atom is -0.466 e. The van der Waals surface area contributed by atoms with Crippen molar-refractivity contribution in [1.82, 2.24) is 0 Å². The molecule has 0 bridgehead atoms. The van der Waals surface area contributed by atoms with E-state index < -0.39 is 11.9 Å². The fraction of sp³-hybridized carbons (Fsp3) is 0.200. The number of primary amides is 1. The van der Waals surface area contributed by atoms with Gasteiger partial charge in [-0.2, -0.15) is 10.1 Å². The number of nitrogen functional groups attached to an aromatic ring is 1. The number of esters is 1. The van der Waals surface area contributed by atoms with Gasteiger partial charge < -0.3 is 21.6 Å². The molecular weight excluding hydrogens is 388 g/mol. The van der Waals surface area contributed by atoms with Gasteiger partial charge in [0.1, 0.15) is 12.3 Å². The molecule has 10 heteroatoms. The molecule has 2 amide bonds. The van der Waals surface area contributed by atoms with Crippen LogP contribution in [-0.4, -0.2) is 30.2 Å². The summed E-state index contributed by atoms with van der Waals surface area (Å²) < 4.78 is 4.41. The standard InChI is InChI=1S/C9H9N3O.C6H8N2.C5H9NO3/c10-8-6-9(13)12(11-8)7-4-2-1-3-5-7;7-8-6-4-2-1-3-5-6;1-2-9-5(8)3-4(6)7/h1-5H,6H2,(H2,10,11);1-5,8H,7H2;2-3H2,1H3,(H2,6,7). The molecular formula is C20H26N6O4. The van der Waals surface area contributed by atoms with E-state index in [9.17, 15) is 14.4 Å². The van der Waals surface area contributed by atoms with E-state index in [4.69, 9.17) is 11.6 Å². The Labute approximate surface area is 174 Å². The second-order valence-electron chi connectivity index (χ2n) is 5.77. The Morgan fingerprint density at radius 3 is 2.07 bits per heavy atom. The van der Waals surface area contributed by atoms with Crippen molar-refractivity contribution >= 4 is 35.0 Å². The molecule has 160 valence electrons. The van der Waals surface area contributed by atoms with E-state index >= 15 is 0 Å². The lowest BCUT2D eigenvalue weighted by Crippen LogP contribution is -2.19. The highest BCUT2D eigenvalue weighted by Gasteiger charge is 2.22. The van der Waals surface area contributed by atoms with Gasteiger partial charge in [-0.3, -0.25) is 20.2 Å². The van der Waals surface area contributed by atoms with Gasteiger partial charge in [-0.05, 0) is 31.2 Å². The highest BCUT2D eigenvalue weighted by atomic mass is 16.5. The van der Waals surface area contributed by atoms with Gasteiger partial charge in [0.05, 0.1) is 18.7 Å². The number of rotatable bonds is 5. The van der Waals surface area contributed by atoms with Crippen LogP contribution in [0.3, 0.4) is 0 Å². The summed E-state index contributed by atoms with van der Waals surface area (Å²) in [6, 6.07) is 18.8. The number of nitrogens with two attached hydrogens (primary N) is 3. The second-order valence-corrected chi connectivity index (χ2v) is 5.77. The van der Waals surface area contributed by atoms with Crippen molar-refractivity contribution in [2.75, 3.05) is 17.0 Å². The molecule has 1 heterocycles. The van der Waals surface area contributed by atoms with Crippen molar-refractivity contribution in [3.63, 3.8) is 0 Å². The van der Waals surface area contributed by atoms with Crippen LogP contribution in [-0.2, 0) is 19.1 Å². The highest BCUT2D eigenvalue weighted by molar-refractivity contribution is 6.11. The van der Waals surface area contributed by atoms with Crippen molar-refractivity contribution in [1.29, 1.82) is 0 Å². The fourth-order valence-electron chi connectivity index (χ4n) is 2.11. The summed E-state index contributed by atoms with van der Waals surface area (Å²) in [4.78, 5) is 31.7. The number of amides is 2. The molecule has 10 nitrogen and oxygen atoms in total. The molecule has 0 saturated heterocycles. The Kier molecular flexibility index (Phi) is 10.7. The van der Waals surface area contributed by atoms with E-state index in [2.05, 4.69) is 21.0 Å². The van der Waals surface area contributed by atoms with E-state index in [0.717, 1.165) is 11.4 Å². The molecule has 0 aliphatic carbocycles. The number of amidine groups is 1. The first-order chi connectivity index (χ1) is 14.4. The average Bonchev–Trinajstić information content (AvgIpc) is 3.08. The number of nitrogens with one attached hydrogen (secondary N) is 1. The first-order valence-corrected chi connectivity index (χ1v) is 9.03. The van der Waals surface area contributed by atoms with Crippen molar-refractivity contribution in [3.05, 3.63) is 60.7 Å². The Balaban J connectivity index is 0.000000235. The van der Waals surface area contributed by atoms with Crippen molar-refractivity contribution in [2.24, 2.45) is 22.4 Å². The van der Waals surface area contributed by atoms with Crippen molar-refractivity contribution < 1.29 is 19.1 Å². The lowest BCUT2D eigenvalue weighted by Gasteiger charge is -2.10. The third-order valence-electron chi connectivity index (χ3n) is 3.36. The maximum absolute atomic E-state index is 11.3. The van der Waals surface area contributed by atoms with Gasteiger partial charge in [0.2, 0.25) is 5.91 Å². The minimum atomic E-state index is -0.659. The van der Waals surface area contributed by atoms with Gasteiger partial charge in [-0.25, -0.2) is 0 Å². The van der Waals surface area contributed by atoms with Gasteiger partial charge in [-0.1, -0.05) is 36.4 Å². The van der Waals surface area contributed by atoms with E-state index in [0.29, 0.717) is 5.84 Å². The zero-order valence-corrected chi connectivity index (χ0v) is 16.7. The number of carbonyl (C=O) groups is 3. The summed E-state index contributed by atoms with van der Waals surface area (Å²) in [5, 5.41) is 5.25. The number of hydrazone groups is 1. The molecule has 30 heavy (non-hydrogen) atoms. The third-order valence-corrected chi connectivity index (χ3v) is 3.36. The van der Waals surface area contributed by atoms with Crippen LogP contribution in [0.5, 0.6) is 0 Å². The summed E-state index contributed by atoms with van der Waals surface area (Å²) in [5.41, 5.74) is 14.3. The number of para-hydroxylation sites is 2. The lowest BCUT2D eigenvalue weighted by molar-refractivity contribution is -0.145. The van der Waals surface area contributed by atoms with Crippen LogP contribution in [0.2, 0.25) is 0 Å². The van der Waals surface area contributed by atoms with Crippen molar-refractivity contribution in [3.8, 4) is 0 Å². The Bertz CT molecular complexity index is 843. The number of carbonyl (C=O) groups excluding carboxylic acids is 3. The number of anilines is 2. The molecule has 7 N–H and O–H groups in total. The zero-order chi connectivity index (χ0) is 22.4. The summed E-state index contributed by atoms with van der Waals surface area (Å²) in [7, 11) is 0. The molecule has 0 radical (unpaired) electrons. The number of hydrogen-bond acceptors (Lipinski definition) is 8. The van der Waals surface area contributed by atoms with Gasteiger partial charge >= 0.3 is 5.97 Å². The SMILES string of the molecule is CCOC(=O)CC(N)=O.NC1=NN(c2ccccc2)C(=O)C1.NNc1ccccc1. The molecule has 3 rings (SSSR count). The van der Waals surface area contributed by atoms with Crippen LogP contribution < -0.4 is 27.7 Å². The molecule has 0 aromatic heterocycles. The van der Waals surface area contributed by atoms with Gasteiger partial charge in [0, 0.05) is 5.69 Å². The normalized spacial score (nSPS) is 11.9. The Hall–Kier alpha value is -3.92. The lowest BCUT2D eigenvalue weighted by atomic mass is 10.3. The third kappa shape index (κ3) is 9.33. The molecule has 0 saturated carbocycles. The van der Waals surface area contributed by atoms with Crippen LogP contribution in [0.1, 0.15) is 19.8 Å². The number of hydrazine groups is 1. The number of hydrogen-bond donors (Lipinski definition) is 4. The van der Waals surface area contributed by atoms with E-state index in [1.807, 2.05) is 60.7 Å². The number of benzene rings is 2. The highest BCUT2D eigenvalue weighted by Crippen LogP contribution is 2.18. The molecule has 0 spiro atoms. The maximum Gasteiger partial charge on any atom is 0.315 e. The van der Waals surface area contributed by atoms with Crippen LogP contribution in [0.4, 0.5) is 11.4 Å². The predicted molar refractivity (Wildman–Crippen MR) is 115 cm³/mol.